The standard InChI is InChI=1S/C19H15O/c1-3-8-16(9-4-1)15-20-19-13-7-12-18(14-19)17-10-5-2-6-11-17/h1-12,14H,15H2. The van der Waals surface area contributed by atoms with Gasteiger partial charge in [-0.1, -0.05) is 66.7 Å². The van der Waals surface area contributed by atoms with E-state index in [9.17, 15) is 0 Å². The van der Waals surface area contributed by atoms with Gasteiger partial charge in [0.2, 0.25) is 0 Å². The molecule has 0 aliphatic rings. The molecule has 0 amide bonds. The van der Waals surface area contributed by atoms with Crippen LogP contribution in [0.2, 0.25) is 0 Å². The minimum absolute atomic E-state index is 0.565. The Kier molecular flexibility index (Phi) is 3.79. The van der Waals surface area contributed by atoms with Gasteiger partial charge in [-0.3, -0.25) is 0 Å². The molecule has 0 aromatic heterocycles. The zero-order valence-electron chi connectivity index (χ0n) is 11.1. The van der Waals surface area contributed by atoms with Gasteiger partial charge in [-0.25, -0.2) is 0 Å². The average Bonchev–Trinajstić information content (AvgIpc) is 2.55. The highest BCUT2D eigenvalue weighted by molar-refractivity contribution is 5.64. The SMILES string of the molecule is [c]1ccc(-c2ccccc2)cc1OCc1ccccc1. The third kappa shape index (κ3) is 3.07. The van der Waals surface area contributed by atoms with Gasteiger partial charge in [-0.2, -0.15) is 0 Å². The molecule has 3 rings (SSSR count). The molecule has 3 aromatic rings. The Morgan fingerprint density at radius 3 is 2.20 bits per heavy atom. The van der Waals surface area contributed by atoms with Crippen molar-refractivity contribution in [3.63, 3.8) is 0 Å². The van der Waals surface area contributed by atoms with E-state index < -0.39 is 0 Å². The molecule has 1 nitrogen and oxygen atoms in total. The Morgan fingerprint density at radius 1 is 0.750 bits per heavy atom. The van der Waals surface area contributed by atoms with E-state index in [-0.39, 0.29) is 0 Å². The van der Waals surface area contributed by atoms with Crippen LogP contribution in [0.3, 0.4) is 0 Å². The summed E-state index contributed by atoms with van der Waals surface area (Å²) in [7, 11) is 0. The van der Waals surface area contributed by atoms with Crippen molar-refractivity contribution in [3.8, 4) is 16.9 Å². The molecule has 1 heteroatoms. The molecular weight excluding hydrogens is 244 g/mol. The predicted octanol–water partition coefficient (Wildman–Crippen LogP) is 4.73. The van der Waals surface area contributed by atoms with Gasteiger partial charge in [-0.15, -0.1) is 0 Å². The highest BCUT2D eigenvalue weighted by Gasteiger charge is 2.00. The van der Waals surface area contributed by atoms with Crippen LogP contribution in [-0.2, 0) is 6.61 Å². The third-order valence-corrected chi connectivity index (χ3v) is 3.12. The third-order valence-electron chi connectivity index (χ3n) is 3.12. The van der Waals surface area contributed by atoms with E-state index in [1.165, 1.54) is 5.56 Å². The lowest BCUT2D eigenvalue weighted by Crippen LogP contribution is -1.95. The number of benzene rings is 3. The van der Waals surface area contributed by atoms with Gasteiger partial charge in [0.25, 0.3) is 0 Å². The van der Waals surface area contributed by atoms with E-state index in [1.807, 2.05) is 54.6 Å². The van der Waals surface area contributed by atoms with Crippen LogP contribution in [0.15, 0.2) is 78.9 Å². The Morgan fingerprint density at radius 2 is 1.45 bits per heavy atom. The lowest BCUT2D eigenvalue weighted by Gasteiger charge is -2.08. The molecule has 97 valence electrons. The molecule has 0 saturated carbocycles. The highest BCUT2D eigenvalue weighted by Crippen LogP contribution is 2.23. The van der Waals surface area contributed by atoms with Gasteiger partial charge >= 0.3 is 0 Å². The van der Waals surface area contributed by atoms with E-state index in [0.717, 1.165) is 16.9 Å². The van der Waals surface area contributed by atoms with Crippen LogP contribution in [0.4, 0.5) is 0 Å². The quantitative estimate of drug-likeness (QED) is 0.658. The second-order valence-corrected chi connectivity index (χ2v) is 4.58. The number of hydrogen-bond acceptors (Lipinski definition) is 1. The molecule has 0 N–H and O–H groups in total. The van der Waals surface area contributed by atoms with Gasteiger partial charge in [0.05, 0.1) is 0 Å². The van der Waals surface area contributed by atoms with Gasteiger partial charge < -0.3 is 4.74 Å². The smallest absolute Gasteiger partial charge is 0.128 e. The van der Waals surface area contributed by atoms with Crippen LogP contribution < -0.4 is 4.74 Å². The zero-order valence-corrected chi connectivity index (χ0v) is 11.1. The van der Waals surface area contributed by atoms with E-state index in [1.54, 1.807) is 0 Å². The summed E-state index contributed by atoms with van der Waals surface area (Å²) in [6.45, 7) is 0.565. The molecule has 0 bridgehead atoms. The van der Waals surface area contributed by atoms with Crippen LogP contribution in [0.1, 0.15) is 5.56 Å². The fraction of sp³-hybridized carbons (Fsp3) is 0.0526. The van der Waals surface area contributed by atoms with Crippen LogP contribution in [-0.4, -0.2) is 0 Å². The summed E-state index contributed by atoms with van der Waals surface area (Å²) < 4.78 is 5.80. The first kappa shape index (κ1) is 12.5. The average molecular weight is 259 g/mol. The van der Waals surface area contributed by atoms with Crippen molar-refractivity contribution in [3.05, 3.63) is 90.5 Å². The topological polar surface area (TPSA) is 9.23 Å². The molecule has 20 heavy (non-hydrogen) atoms. The molecule has 3 aromatic carbocycles. The minimum Gasteiger partial charge on any atom is -0.488 e. The molecular formula is C19H15O. The Hall–Kier alpha value is -2.54. The Labute approximate surface area is 119 Å². The number of hydrogen-bond donors (Lipinski definition) is 0. The van der Waals surface area contributed by atoms with Crippen molar-refractivity contribution in [2.75, 3.05) is 0 Å². The largest absolute Gasteiger partial charge is 0.488 e. The normalized spacial score (nSPS) is 10.2. The summed E-state index contributed by atoms with van der Waals surface area (Å²) in [4.78, 5) is 0. The van der Waals surface area contributed by atoms with E-state index in [2.05, 4.69) is 30.3 Å². The van der Waals surface area contributed by atoms with E-state index in [4.69, 9.17) is 4.74 Å². The zero-order chi connectivity index (χ0) is 13.6. The molecule has 0 fully saturated rings. The Bertz CT molecular complexity index is 660. The van der Waals surface area contributed by atoms with Gasteiger partial charge in [0, 0.05) is 6.07 Å². The lowest BCUT2D eigenvalue weighted by molar-refractivity contribution is 0.305. The molecule has 0 atom stereocenters. The summed E-state index contributed by atoms with van der Waals surface area (Å²) in [5, 5.41) is 0. The maximum Gasteiger partial charge on any atom is 0.128 e. The second kappa shape index (κ2) is 6.07. The lowest BCUT2D eigenvalue weighted by atomic mass is 10.1. The number of ether oxygens (including phenoxy) is 1. The highest BCUT2D eigenvalue weighted by atomic mass is 16.5. The van der Waals surface area contributed by atoms with Crippen LogP contribution in [0.25, 0.3) is 11.1 Å². The summed E-state index contributed by atoms with van der Waals surface area (Å²) >= 11 is 0. The first-order chi connectivity index (χ1) is 9.92. The molecule has 0 spiro atoms. The van der Waals surface area contributed by atoms with Crippen molar-refractivity contribution in [2.24, 2.45) is 0 Å². The van der Waals surface area contributed by atoms with Crippen molar-refractivity contribution >= 4 is 0 Å². The Balaban J connectivity index is 1.75. The van der Waals surface area contributed by atoms with Crippen molar-refractivity contribution < 1.29 is 4.74 Å². The fourth-order valence-electron chi connectivity index (χ4n) is 2.07. The van der Waals surface area contributed by atoms with E-state index in [0.29, 0.717) is 6.61 Å². The molecule has 0 aliphatic carbocycles. The van der Waals surface area contributed by atoms with Crippen molar-refractivity contribution in [1.29, 1.82) is 0 Å². The van der Waals surface area contributed by atoms with Gasteiger partial charge in [-0.05, 0) is 28.8 Å². The molecule has 1 radical (unpaired) electrons. The maximum absolute atomic E-state index is 5.80. The van der Waals surface area contributed by atoms with E-state index >= 15 is 0 Å². The molecule has 0 aliphatic heterocycles. The first-order valence-corrected chi connectivity index (χ1v) is 6.66. The summed E-state index contributed by atoms with van der Waals surface area (Å²) in [5.74, 6) is 0.773. The van der Waals surface area contributed by atoms with Crippen LogP contribution >= 0.6 is 0 Å². The summed E-state index contributed by atoms with van der Waals surface area (Å²) in [6, 6.07) is 29.5. The van der Waals surface area contributed by atoms with Gasteiger partial charge in [0.15, 0.2) is 0 Å². The molecule has 0 heterocycles. The first-order valence-electron chi connectivity index (χ1n) is 6.66. The van der Waals surface area contributed by atoms with Crippen LogP contribution in [0.5, 0.6) is 5.75 Å². The van der Waals surface area contributed by atoms with Crippen molar-refractivity contribution in [1.82, 2.24) is 0 Å². The summed E-state index contributed by atoms with van der Waals surface area (Å²) in [5.41, 5.74) is 3.49. The number of rotatable bonds is 4. The fourth-order valence-corrected chi connectivity index (χ4v) is 2.07. The maximum atomic E-state index is 5.80. The van der Waals surface area contributed by atoms with Gasteiger partial charge in [0.1, 0.15) is 12.4 Å². The minimum atomic E-state index is 0.565. The molecule has 0 saturated heterocycles. The van der Waals surface area contributed by atoms with Crippen LogP contribution in [0, 0.1) is 6.07 Å². The predicted molar refractivity (Wildman–Crippen MR) is 81.5 cm³/mol. The monoisotopic (exact) mass is 259 g/mol. The second-order valence-electron chi connectivity index (χ2n) is 4.58. The summed E-state index contributed by atoms with van der Waals surface area (Å²) in [6.07, 6.45) is 0. The van der Waals surface area contributed by atoms with Crippen molar-refractivity contribution in [2.45, 2.75) is 6.61 Å². The molecule has 0 unspecified atom stereocenters.